The van der Waals surface area contributed by atoms with Gasteiger partial charge in [-0.2, -0.15) is 11.3 Å². The Hall–Kier alpha value is -2.34. The molecule has 0 bridgehead atoms. The van der Waals surface area contributed by atoms with Crippen LogP contribution in [-0.2, 0) is 35.7 Å². The van der Waals surface area contributed by atoms with Gasteiger partial charge in [-0.05, 0) is 46.7 Å². The van der Waals surface area contributed by atoms with Gasteiger partial charge < -0.3 is 9.64 Å². The van der Waals surface area contributed by atoms with Crippen molar-refractivity contribution in [3.63, 3.8) is 0 Å². The molecular weight excluding hydrogens is 399 g/mol. The van der Waals surface area contributed by atoms with Gasteiger partial charge in [0.2, 0.25) is 0 Å². The molecule has 0 saturated carbocycles. The van der Waals surface area contributed by atoms with Gasteiger partial charge in [0.25, 0.3) is 15.9 Å². The molecule has 1 heterocycles. The van der Waals surface area contributed by atoms with Gasteiger partial charge in [-0.15, -0.1) is 0 Å². The average molecular weight is 416 g/mol. The Bertz CT molecular complexity index is 869. The summed E-state index contributed by atoms with van der Waals surface area (Å²) in [7, 11) is -2.50. The third-order valence-electron chi connectivity index (χ3n) is 3.26. The third kappa shape index (κ3) is 6.71. The van der Waals surface area contributed by atoms with Crippen molar-refractivity contribution in [2.75, 3.05) is 20.3 Å². The number of amides is 1. The summed E-state index contributed by atoms with van der Waals surface area (Å²) in [6.45, 7) is -0.844. The maximum absolute atomic E-state index is 12.8. The molecule has 2 aromatic rings. The molecule has 2 rings (SSSR count). The first-order valence-electron chi connectivity index (χ1n) is 7.58. The molecule has 27 heavy (non-hydrogen) atoms. The number of likely N-dealkylation sites (N-methyl/N-ethyl adjacent to an activating group) is 1. The first-order valence-corrected chi connectivity index (χ1v) is 10.0. The lowest BCUT2D eigenvalue weighted by Gasteiger charge is -2.16. The number of halogens is 1. The average Bonchev–Trinajstić information content (AvgIpc) is 3.12. The summed E-state index contributed by atoms with van der Waals surface area (Å²) in [5.74, 6) is -1.93. The van der Waals surface area contributed by atoms with Crippen LogP contribution in [0.2, 0.25) is 0 Å². The van der Waals surface area contributed by atoms with Crippen LogP contribution in [0.25, 0.3) is 0 Å². The van der Waals surface area contributed by atoms with Gasteiger partial charge in [0.1, 0.15) is 5.82 Å². The van der Waals surface area contributed by atoms with Gasteiger partial charge in [0.05, 0.1) is 4.90 Å². The van der Waals surface area contributed by atoms with Crippen LogP contribution in [-0.4, -0.2) is 45.5 Å². The van der Waals surface area contributed by atoms with Crippen LogP contribution >= 0.6 is 11.3 Å². The molecule has 0 aliphatic carbocycles. The van der Waals surface area contributed by atoms with Crippen LogP contribution in [0.3, 0.4) is 0 Å². The lowest BCUT2D eigenvalue weighted by molar-refractivity contribution is -0.156. The fourth-order valence-electron chi connectivity index (χ4n) is 1.87. The molecule has 0 radical (unpaired) electrons. The number of nitrogens with zero attached hydrogens (tertiary/aromatic N) is 1. The molecule has 0 aliphatic rings. The van der Waals surface area contributed by atoms with E-state index in [4.69, 9.17) is 4.74 Å². The molecule has 11 heteroatoms. The van der Waals surface area contributed by atoms with E-state index in [1.165, 1.54) is 16.2 Å². The Morgan fingerprint density at radius 3 is 2.52 bits per heavy atom. The summed E-state index contributed by atoms with van der Waals surface area (Å²) < 4.78 is 41.3. The largest absolute Gasteiger partial charge is 0.454 e. The number of rotatable bonds is 9. The topological polar surface area (TPSA) is 102 Å². The zero-order valence-electron chi connectivity index (χ0n) is 14.3. The summed E-state index contributed by atoms with van der Waals surface area (Å²) in [5.41, 5.74) is 0.959. The molecule has 1 aromatic carbocycles. The molecule has 146 valence electrons. The number of esters is 1. The zero-order valence-corrected chi connectivity index (χ0v) is 15.9. The van der Waals surface area contributed by atoms with E-state index in [-0.39, 0.29) is 4.90 Å². The van der Waals surface area contributed by atoms with Gasteiger partial charge in [-0.1, -0.05) is 4.89 Å². The maximum Gasteiger partial charge on any atom is 0.334 e. The van der Waals surface area contributed by atoms with E-state index in [1.807, 2.05) is 16.8 Å². The number of hydrogen-bond donors (Lipinski definition) is 1. The second-order valence-corrected chi connectivity index (χ2v) is 7.80. The van der Waals surface area contributed by atoms with Crippen molar-refractivity contribution in [3.8, 4) is 0 Å². The summed E-state index contributed by atoms with van der Waals surface area (Å²) in [4.78, 5) is 30.9. The number of thiophene rings is 1. The zero-order chi connectivity index (χ0) is 19.9. The minimum Gasteiger partial charge on any atom is -0.454 e. The monoisotopic (exact) mass is 416 g/mol. The van der Waals surface area contributed by atoms with E-state index in [0.717, 1.165) is 29.8 Å². The van der Waals surface area contributed by atoms with E-state index in [0.29, 0.717) is 6.54 Å². The number of carbonyl (C=O) groups is 2. The van der Waals surface area contributed by atoms with Crippen LogP contribution in [0, 0.1) is 5.82 Å². The highest BCUT2D eigenvalue weighted by atomic mass is 32.2. The van der Waals surface area contributed by atoms with Crippen LogP contribution in [0.1, 0.15) is 5.56 Å². The van der Waals surface area contributed by atoms with Crippen molar-refractivity contribution in [2.45, 2.75) is 11.4 Å². The van der Waals surface area contributed by atoms with E-state index in [1.54, 1.807) is 11.9 Å². The second-order valence-electron chi connectivity index (χ2n) is 5.37. The number of ether oxygens (including phenoxy) is 1. The fraction of sp³-hybridized carbons (Fsp3) is 0.250. The Kier molecular flexibility index (Phi) is 7.42. The number of nitrogens with one attached hydrogen (secondary N) is 1. The second kappa shape index (κ2) is 9.55. The standard InChI is InChI=1S/C16H17FN2O6S2/c1-19(8-12-6-7-26-11-12)15(20)9-24-16(21)10-25-18-27(22,23)14-4-2-13(17)3-5-14/h2-7,11,18H,8-10H2,1H3. The first-order chi connectivity index (χ1) is 12.8. The Morgan fingerprint density at radius 1 is 1.19 bits per heavy atom. The van der Waals surface area contributed by atoms with Crippen LogP contribution < -0.4 is 4.89 Å². The Balaban J connectivity index is 1.71. The van der Waals surface area contributed by atoms with Crippen LogP contribution in [0.15, 0.2) is 46.0 Å². The van der Waals surface area contributed by atoms with Gasteiger partial charge in [0.15, 0.2) is 13.2 Å². The molecule has 0 saturated heterocycles. The van der Waals surface area contributed by atoms with Crippen molar-refractivity contribution >= 4 is 33.2 Å². The minimum absolute atomic E-state index is 0.234. The third-order valence-corrected chi connectivity index (χ3v) is 5.23. The van der Waals surface area contributed by atoms with Crippen molar-refractivity contribution in [1.29, 1.82) is 0 Å². The minimum atomic E-state index is -4.07. The molecule has 0 aliphatic heterocycles. The Labute approximate surface area is 159 Å². The quantitative estimate of drug-likeness (QED) is 0.488. The molecule has 1 amide bonds. The Morgan fingerprint density at radius 2 is 1.89 bits per heavy atom. The molecule has 1 aromatic heterocycles. The normalized spacial score (nSPS) is 11.2. The number of sulfonamides is 1. The molecular formula is C16H17FN2O6S2. The molecule has 1 N–H and O–H groups in total. The highest BCUT2D eigenvalue weighted by Gasteiger charge is 2.16. The SMILES string of the molecule is CN(Cc1ccsc1)C(=O)COC(=O)CONS(=O)(=O)c1ccc(F)cc1. The van der Waals surface area contributed by atoms with E-state index in [2.05, 4.69) is 4.84 Å². The molecule has 8 nitrogen and oxygen atoms in total. The lowest BCUT2D eigenvalue weighted by Crippen LogP contribution is -2.32. The summed E-state index contributed by atoms with van der Waals surface area (Å²) in [6.07, 6.45) is 0. The molecule has 0 atom stereocenters. The molecule has 0 unspecified atom stereocenters. The maximum atomic E-state index is 12.8. The van der Waals surface area contributed by atoms with E-state index < -0.39 is 40.9 Å². The van der Waals surface area contributed by atoms with Gasteiger partial charge in [-0.25, -0.2) is 17.6 Å². The number of benzene rings is 1. The highest BCUT2D eigenvalue weighted by Crippen LogP contribution is 2.10. The van der Waals surface area contributed by atoms with Crippen molar-refractivity contribution in [2.24, 2.45) is 0 Å². The summed E-state index contributed by atoms with van der Waals surface area (Å²) >= 11 is 1.51. The smallest absolute Gasteiger partial charge is 0.334 e. The predicted octanol–water partition coefficient (Wildman–Crippen LogP) is 1.30. The van der Waals surface area contributed by atoms with Crippen molar-refractivity contribution in [3.05, 3.63) is 52.5 Å². The van der Waals surface area contributed by atoms with Gasteiger partial charge in [0, 0.05) is 13.6 Å². The number of hydrogen-bond acceptors (Lipinski definition) is 7. The molecule has 0 spiro atoms. The van der Waals surface area contributed by atoms with Crippen molar-refractivity contribution < 1.29 is 32.0 Å². The number of carbonyl (C=O) groups excluding carboxylic acids is 2. The van der Waals surface area contributed by atoms with E-state index in [9.17, 15) is 22.4 Å². The first kappa shape index (κ1) is 21.0. The van der Waals surface area contributed by atoms with E-state index >= 15 is 0 Å². The lowest BCUT2D eigenvalue weighted by atomic mass is 10.3. The van der Waals surface area contributed by atoms with Crippen LogP contribution in [0.5, 0.6) is 0 Å². The molecule has 0 fully saturated rings. The summed E-state index contributed by atoms with van der Waals surface area (Å²) in [5, 5.41) is 3.79. The van der Waals surface area contributed by atoms with Gasteiger partial charge in [-0.3, -0.25) is 9.63 Å². The van der Waals surface area contributed by atoms with Crippen molar-refractivity contribution in [1.82, 2.24) is 9.79 Å². The summed E-state index contributed by atoms with van der Waals surface area (Å²) in [6, 6.07) is 5.91. The van der Waals surface area contributed by atoms with Crippen LogP contribution in [0.4, 0.5) is 4.39 Å². The predicted molar refractivity (Wildman–Crippen MR) is 94.4 cm³/mol. The van der Waals surface area contributed by atoms with Gasteiger partial charge >= 0.3 is 5.97 Å². The highest BCUT2D eigenvalue weighted by molar-refractivity contribution is 7.89. The fourth-order valence-corrected chi connectivity index (χ4v) is 3.33.